The average molecular weight is 386 g/mol. The maximum Gasteiger partial charge on any atom is 0.229 e. The van der Waals surface area contributed by atoms with E-state index in [1.54, 1.807) is 4.90 Å². The second-order valence-electron chi connectivity index (χ2n) is 7.09. The van der Waals surface area contributed by atoms with Crippen molar-refractivity contribution in [2.75, 3.05) is 16.8 Å². The van der Waals surface area contributed by atoms with Crippen LogP contribution >= 0.6 is 0 Å². The van der Waals surface area contributed by atoms with Gasteiger partial charge in [-0.15, -0.1) is 0 Å². The number of rotatable bonds is 5. The lowest BCUT2D eigenvalue weighted by molar-refractivity contribution is -0.122. The van der Waals surface area contributed by atoms with Crippen molar-refractivity contribution in [3.63, 3.8) is 0 Å². The largest absolute Gasteiger partial charge is 0.455 e. The number of carbonyl (C=O) groups excluding carboxylic acids is 2. The second-order valence-corrected chi connectivity index (χ2v) is 7.09. The molecule has 1 atom stereocenters. The van der Waals surface area contributed by atoms with Gasteiger partial charge in [0.1, 0.15) is 5.75 Å². The number of hydrogen-bond donors (Lipinski definition) is 1. The van der Waals surface area contributed by atoms with E-state index in [9.17, 15) is 9.59 Å². The van der Waals surface area contributed by atoms with Gasteiger partial charge in [-0.3, -0.25) is 9.59 Å². The van der Waals surface area contributed by atoms with Crippen LogP contribution in [0, 0.1) is 12.8 Å². The number of benzene rings is 3. The smallest absolute Gasteiger partial charge is 0.229 e. The highest BCUT2D eigenvalue weighted by Crippen LogP contribution is 2.36. The van der Waals surface area contributed by atoms with E-state index >= 15 is 0 Å². The van der Waals surface area contributed by atoms with Crippen LogP contribution in [0.4, 0.5) is 11.4 Å². The average Bonchev–Trinajstić information content (AvgIpc) is 3.12. The molecule has 3 aromatic rings. The molecule has 2 amide bonds. The highest BCUT2D eigenvalue weighted by Gasteiger charge is 2.36. The summed E-state index contributed by atoms with van der Waals surface area (Å²) < 4.78 is 5.98. The fourth-order valence-electron chi connectivity index (χ4n) is 3.45. The molecule has 0 aromatic heterocycles. The number of nitrogens with one attached hydrogen (secondary N) is 1. The van der Waals surface area contributed by atoms with Crippen LogP contribution in [0.25, 0.3) is 0 Å². The number of anilines is 2. The quantitative estimate of drug-likeness (QED) is 0.687. The molecule has 0 aliphatic carbocycles. The summed E-state index contributed by atoms with van der Waals surface area (Å²) in [7, 11) is 0. The summed E-state index contributed by atoms with van der Waals surface area (Å²) in [5.41, 5.74) is 2.44. The van der Waals surface area contributed by atoms with Gasteiger partial charge in [0, 0.05) is 18.7 Å². The third kappa shape index (κ3) is 4.14. The second kappa shape index (κ2) is 8.19. The number of hydrogen-bond acceptors (Lipinski definition) is 3. The molecular formula is C24H22N2O3. The lowest BCUT2D eigenvalue weighted by Gasteiger charge is -2.20. The van der Waals surface area contributed by atoms with Crippen molar-refractivity contribution in [3.8, 4) is 11.5 Å². The van der Waals surface area contributed by atoms with Crippen molar-refractivity contribution in [2.45, 2.75) is 13.3 Å². The zero-order chi connectivity index (χ0) is 20.2. The predicted molar refractivity (Wildman–Crippen MR) is 113 cm³/mol. The molecule has 1 aliphatic rings. The molecule has 1 saturated heterocycles. The summed E-state index contributed by atoms with van der Waals surface area (Å²) in [6, 6.07) is 24.4. The maximum absolute atomic E-state index is 12.7. The predicted octanol–water partition coefficient (Wildman–Crippen LogP) is 4.78. The summed E-state index contributed by atoms with van der Waals surface area (Å²) in [6.07, 6.45) is 0.178. The first-order valence-electron chi connectivity index (χ1n) is 9.60. The van der Waals surface area contributed by atoms with E-state index in [-0.39, 0.29) is 18.2 Å². The Morgan fingerprint density at radius 2 is 1.66 bits per heavy atom. The van der Waals surface area contributed by atoms with Crippen molar-refractivity contribution in [1.82, 2.24) is 0 Å². The van der Waals surface area contributed by atoms with Crippen LogP contribution in [-0.4, -0.2) is 18.4 Å². The number of para-hydroxylation sites is 4. The van der Waals surface area contributed by atoms with Gasteiger partial charge in [-0.05, 0) is 42.8 Å². The Kier molecular flexibility index (Phi) is 5.29. The van der Waals surface area contributed by atoms with E-state index in [0.717, 1.165) is 11.3 Å². The molecule has 0 bridgehead atoms. The molecule has 0 radical (unpaired) electrons. The molecule has 1 heterocycles. The lowest BCUT2D eigenvalue weighted by Crippen LogP contribution is -2.28. The summed E-state index contributed by atoms with van der Waals surface area (Å²) in [5.74, 6) is 0.648. The van der Waals surface area contributed by atoms with Crippen LogP contribution in [0.2, 0.25) is 0 Å². The van der Waals surface area contributed by atoms with Gasteiger partial charge >= 0.3 is 0 Å². The molecule has 1 aliphatic heterocycles. The van der Waals surface area contributed by atoms with E-state index in [4.69, 9.17) is 4.74 Å². The van der Waals surface area contributed by atoms with E-state index < -0.39 is 5.92 Å². The van der Waals surface area contributed by atoms with Crippen LogP contribution in [0.3, 0.4) is 0 Å². The molecule has 146 valence electrons. The van der Waals surface area contributed by atoms with Crippen molar-refractivity contribution in [1.29, 1.82) is 0 Å². The van der Waals surface area contributed by atoms with Gasteiger partial charge in [-0.1, -0.05) is 48.5 Å². The molecule has 1 fully saturated rings. The van der Waals surface area contributed by atoms with Crippen molar-refractivity contribution < 1.29 is 14.3 Å². The molecule has 4 rings (SSSR count). The van der Waals surface area contributed by atoms with Gasteiger partial charge in [0.15, 0.2) is 5.75 Å². The summed E-state index contributed by atoms with van der Waals surface area (Å²) in [5, 5.41) is 2.95. The van der Waals surface area contributed by atoms with Crippen LogP contribution in [-0.2, 0) is 9.59 Å². The van der Waals surface area contributed by atoms with Crippen LogP contribution < -0.4 is 15.0 Å². The topological polar surface area (TPSA) is 58.6 Å². The Morgan fingerprint density at radius 1 is 0.966 bits per heavy atom. The Balaban J connectivity index is 1.51. The Hall–Kier alpha value is -3.60. The first-order chi connectivity index (χ1) is 14.1. The third-order valence-corrected chi connectivity index (χ3v) is 5.03. The lowest BCUT2D eigenvalue weighted by atomic mass is 10.1. The van der Waals surface area contributed by atoms with Gasteiger partial charge < -0.3 is 15.0 Å². The standard InChI is InChI=1S/C24H22N2O3/c1-17-9-5-6-12-20(17)25-24(28)18-15-23(27)26(16-18)21-13-7-8-14-22(21)29-19-10-3-2-4-11-19/h2-14,18H,15-16H2,1H3,(H,25,28). The first-order valence-corrected chi connectivity index (χ1v) is 9.60. The Morgan fingerprint density at radius 3 is 2.45 bits per heavy atom. The SMILES string of the molecule is Cc1ccccc1NC(=O)C1CC(=O)N(c2ccccc2Oc2ccccc2)C1. The normalized spacial score (nSPS) is 16.0. The van der Waals surface area contributed by atoms with Crippen molar-refractivity contribution >= 4 is 23.2 Å². The minimum absolute atomic E-state index is 0.0842. The molecule has 0 spiro atoms. The maximum atomic E-state index is 12.7. The van der Waals surface area contributed by atoms with Crippen LogP contribution in [0.1, 0.15) is 12.0 Å². The third-order valence-electron chi connectivity index (χ3n) is 5.03. The van der Waals surface area contributed by atoms with E-state index in [1.165, 1.54) is 0 Å². The van der Waals surface area contributed by atoms with Crippen LogP contribution in [0.15, 0.2) is 78.9 Å². The van der Waals surface area contributed by atoms with E-state index in [1.807, 2.05) is 85.8 Å². The summed E-state index contributed by atoms with van der Waals surface area (Å²) >= 11 is 0. The molecule has 1 N–H and O–H groups in total. The molecule has 29 heavy (non-hydrogen) atoms. The monoisotopic (exact) mass is 386 g/mol. The molecule has 5 heteroatoms. The number of ether oxygens (including phenoxy) is 1. The molecule has 1 unspecified atom stereocenters. The molecule has 0 saturated carbocycles. The van der Waals surface area contributed by atoms with Gasteiger partial charge in [-0.2, -0.15) is 0 Å². The summed E-state index contributed by atoms with van der Waals surface area (Å²) in [4.78, 5) is 27.1. The molecule has 3 aromatic carbocycles. The number of carbonyl (C=O) groups is 2. The number of amides is 2. The highest BCUT2D eigenvalue weighted by molar-refractivity contribution is 6.04. The van der Waals surface area contributed by atoms with Crippen LogP contribution in [0.5, 0.6) is 11.5 Å². The van der Waals surface area contributed by atoms with Gasteiger partial charge in [0.2, 0.25) is 11.8 Å². The first kappa shape index (κ1) is 18.7. The zero-order valence-corrected chi connectivity index (χ0v) is 16.2. The van der Waals surface area contributed by atoms with Gasteiger partial charge in [0.25, 0.3) is 0 Å². The van der Waals surface area contributed by atoms with Crippen molar-refractivity contribution in [2.24, 2.45) is 5.92 Å². The molecular weight excluding hydrogens is 364 g/mol. The minimum Gasteiger partial charge on any atom is -0.455 e. The number of nitrogens with zero attached hydrogens (tertiary/aromatic N) is 1. The fraction of sp³-hybridized carbons (Fsp3) is 0.167. The fourth-order valence-corrected chi connectivity index (χ4v) is 3.45. The molecule has 5 nitrogen and oxygen atoms in total. The highest BCUT2D eigenvalue weighted by atomic mass is 16.5. The van der Waals surface area contributed by atoms with Gasteiger partial charge in [-0.25, -0.2) is 0 Å². The van der Waals surface area contributed by atoms with E-state index in [0.29, 0.717) is 23.7 Å². The zero-order valence-electron chi connectivity index (χ0n) is 16.2. The van der Waals surface area contributed by atoms with E-state index in [2.05, 4.69) is 5.32 Å². The minimum atomic E-state index is -0.410. The van der Waals surface area contributed by atoms with Gasteiger partial charge in [0.05, 0.1) is 11.6 Å². The van der Waals surface area contributed by atoms with Crippen molar-refractivity contribution in [3.05, 3.63) is 84.4 Å². The Bertz CT molecular complexity index is 1030. The number of aryl methyl sites for hydroxylation is 1. The summed E-state index contributed by atoms with van der Waals surface area (Å²) in [6.45, 7) is 2.27. The Labute approximate surface area is 169 Å².